The number of unbranched alkanes of at least 4 members (excludes halogenated alkanes) is 55. The predicted molar refractivity (Wildman–Crippen MR) is 347 cm³/mol. The average molecular weight is 1110 g/mol. The molecule has 0 fully saturated rings. The van der Waals surface area contributed by atoms with E-state index in [1.165, 1.54) is 340 Å². The first-order chi connectivity index (χ1) is 39.0. The van der Waals surface area contributed by atoms with Crippen molar-refractivity contribution in [2.75, 3.05) is 13.2 Å². The van der Waals surface area contributed by atoms with Gasteiger partial charge >= 0.3 is 5.97 Å². The summed E-state index contributed by atoms with van der Waals surface area (Å²) in [5, 5.41) is 23.2. The Balaban J connectivity index is 3.36. The summed E-state index contributed by atoms with van der Waals surface area (Å²) in [5.41, 5.74) is 0. The molecule has 0 saturated carbocycles. The zero-order chi connectivity index (χ0) is 57.1. The maximum absolute atomic E-state index is 12.5. The molecule has 2 atom stereocenters. The molecule has 6 nitrogen and oxygen atoms in total. The number of esters is 1. The molecule has 0 spiro atoms. The van der Waals surface area contributed by atoms with E-state index in [0.717, 1.165) is 38.5 Å². The summed E-state index contributed by atoms with van der Waals surface area (Å²) in [6.07, 6.45) is 87.0. The third kappa shape index (κ3) is 65.4. The van der Waals surface area contributed by atoms with Crippen LogP contribution in [0.2, 0.25) is 0 Å². The number of aliphatic hydroxyl groups excluding tert-OH is 2. The molecular formula is C73H141NO5. The highest BCUT2D eigenvalue weighted by Gasteiger charge is 2.18. The van der Waals surface area contributed by atoms with E-state index in [9.17, 15) is 19.8 Å². The lowest BCUT2D eigenvalue weighted by Crippen LogP contribution is -2.45. The van der Waals surface area contributed by atoms with Gasteiger partial charge in [-0.15, -0.1) is 0 Å². The Bertz CT molecular complexity index is 1230. The number of hydrogen-bond acceptors (Lipinski definition) is 5. The Hall–Kier alpha value is -1.66. The number of aliphatic hydroxyl groups is 2. The van der Waals surface area contributed by atoms with E-state index in [1.807, 2.05) is 6.08 Å². The van der Waals surface area contributed by atoms with Crippen molar-refractivity contribution in [2.45, 2.75) is 418 Å². The van der Waals surface area contributed by atoms with Crippen LogP contribution in [0.3, 0.4) is 0 Å². The van der Waals surface area contributed by atoms with Crippen LogP contribution in [0.4, 0.5) is 0 Å². The maximum Gasteiger partial charge on any atom is 0.305 e. The number of carbonyl (C=O) groups excluding carboxylic acids is 2. The topological polar surface area (TPSA) is 95.9 Å². The van der Waals surface area contributed by atoms with Gasteiger partial charge in [-0.25, -0.2) is 0 Å². The van der Waals surface area contributed by atoms with Gasteiger partial charge in [0.1, 0.15) is 0 Å². The summed E-state index contributed by atoms with van der Waals surface area (Å²) >= 11 is 0. The highest BCUT2D eigenvalue weighted by Crippen LogP contribution is 2.19. The fourth-order valence-electron chi connectivity index (χ4n) is 11.5. The molecule has 0 bridgehead atoms. The van der Waals surface area contributed by atoms with Crippen LogP contribution in [0.25, 0.3) is 0 Å². The Morgan fingerprint density at radius 1 is 0.342 bits per heavy atom. The van der Waals surface area contributed by atoms with Gasteiger partial charge in [0, 0.05) is 12.8 Å². The first kappa shape index (κ1) is 77.3. The Morgan fingerprint density at radius 2 is 0.595 bits per heavy atom. The zero-order valence-corrected chi connectivity index (χ0v) is 53.6. The molecule has 0 aromatic rings. The summed E-state index contributed by atoms with van der Waals surface area (Å²) in [4.78, 5) is 24.6. The lowest BCUT2D eigenvalue weighted by Gasteiger charge is -2.20. The van der Waals surface area contributed by atoms with E-state index in [-0.39, 0.29) is 18.5 Å². The molecule has 6 heteroatoms. The molecule has 0 heterocycles. The molecule has 2 unspecified atom stereocenters. The molecular weight excluding hydrogens is 971 g/mol. The van der Waals surface area contributed by atoms with Crippen molar-refractivity contribution >= 4 is 11.9 Å². The van der Waals surface area contributed by atoms with Crippen LogP contribution < -0.4 is 5.32 Å². The van der Waals surface area contributed by atoms with E-state index in [0.29, 0.717) is 19.4 Å². The van der Waals surface area contributed by atoms with Crippen LogP contribution in [-0.4, -0.2) is 47.4 Å². The molecule has 468 valence electrons. The molecule has 0 aromatic heterocycles. The molecule has 1 amide bonds. The lowest BCUT2D eigenvalue weighted by molar-refractivity contribution is -0.143. The van der Waals surface area contributed by atoms with Crippen LogP contribution in [-0.2, 0) is 14.3 Å². The number of ether oxygens (including phenoxy) is 1. The Labute approximate surface area is 494 Å². The van der Waals surface area contributed by atoms with Crippen LogP contribution >= 0.6 is 0 Å². The standard InChI is InChI=1S/C73H141NO5/c1-3-5-7-9-11-13-15-17-19-20-35-39-43-47-51-55-59-63-67-73(78)79-68-64-60-56-52-48-44-40-36-33-31-29-27-25-23-21-22-24-26-28-30-32-34-38-42-46-50-54-58-62-66-72(77)74-70(69-75)71(76)65-61-57-53-49-45-41-37-18-16-14-12-10-8-6-4-2/h21,23,61,65,70-71,75-76H,3-20,22,24-60,62-64,66-69H2,1-2H3,(H,74,77)/b23-21-,65-61+. The molecule has 0 rings (SSSR count). The fourth-order valence-corrected chi connectivity index (χ4v) is 11.5. The van der Waals surface area contributed by atoms with Crippen molar-refractivity contribution in [2.24, 2.45) is 0 Å². The Morgan fingerprint density at radius 3 is 0.899 bits per heavy atom. The van der Waals surface area contributed by atoms with Crippen molar-refractivity contribution in [1.82, 2.24) is 5.32 Å². The summed E-state index contributed by atoms with van der Waals surface area (Å²) in [6.45, 7) is 4.94. The first-order valence-electron chi connectivity index (χ1n) is 36.1. The van der Waals surface area contributed by atoms with E-state index >= 15 is 0 Å². The third-order valence-electron chi connectivity index (χ3n) is 17.0. The van der Waals surface area contributed by atoms with Crippen molar-refractivity contribution in [3.8, 4) is 0 Å². The van der Waals surface area contributed by atoms with Crippen LogP contribution in [0, 0.1) is 0 Å². The summed E-state index contributed by atoms with van der Waals surface area (Å²) in [7, 11) is 0. The number of nitrogens with one attached hydrogen (secondary N) is 1. The van der Waals surface area contributed by atoms with E-state index in [2.05, 4.69) is 31.3 Å². The normalized spacial score (nSPS) is 12.6. The monoisotopic (exact) mass is 1110 g/mol. The van der Waals surface area contributed by atoms with Crippen LogP contribution in [0.1, 0.15) is 406 Å². The van der Waals surface area contributed by atoms with Gasteiger partial charge in [0.2, 0.25) is 5.91 Å². The quantitative estimate of drug-likeness (QED) is 0.0320. The SMILES string of the molecule is CCCCCCCCCCCCCCC/C=C/C(O)C(CO)NC(=O)CCCCCCCCCCCCCCC/C=C\CCCCCCCCCCCCCCOC(=O)CCCCCCCCCCCCCCCCCCCC. The summed E-state index contributed by atoms with van der Waals surface area (Å²) in [5.74, 6) is -0.0433. The lowest BCUT2D eigenvalue weighted by atomic mass is 10.0. The van der Waals surface area contributed by atoms with Gasteiger partial charge in [-0.1, -0.05) is 359 Å². The van der Waals surface area contributed by atoms with Crippen molar-refractivity contribution in [3.63, 3.8) is 0 Å². The fraction of sp³-hybridized carbons (Fsp3) is 0.918. The van der Waals surface area contributed by atoms with Gasteiger partial charge < -0.3 is 20.3 Å². The number of hydrogen-bond donors (Lipinski definition) is 3. The highest BCUT2D eigenvalue weighted by atomic mass is 16.5. The van der Waals surface area contributed by atoms with Crippen LogP contribution in [0.5, 0.6) is 0 Å². The zero-order valence-electron chi connectivity index (χ0n) is 53.6. The minimum atomic E-state index is -0.843. The second-order valence-corrected chi connectivity index (χ2v) is 24.9. The van der Waals surface area contributed by atoms with E-state index in [4.69, 9.17) is 4.74 Å². The number of carbonyl (C=O) groups is 2. The number of allylic oxidation sites excluding steroid dienone is 3. The minimum absolute atomic E-state index is 0.0213. The second kappa shape index (κ2) is 68.8. The molecule has 0 aliphatic heterocycles. The summed E-state index contributed by atoms with van der Waals surface area (Å²) < 4.78 is 5.51. The molecule has 0 saturated heterocycles. The molecule has 0 aliphatic rings. The van der Waals surface area contributed by atoms with Gasteiger partial charge in [0.25, 0.3) is 0 Å². The van der Waals surface area contributed by atoms with Crippen molar-refractivity contribution < 1.29 is 24.5 Å². The molecule has 79 heavy (non-hydrogen) atoms. The van der Waals surface area contributed by atoms with Gasteiger partial charge in [-0.05, 0) is 57.8 Å². The van der Waals surface area contributed by atoms with Gasteiger partial charge in [-0.2, -0.15) is 0 Å². The Kier molecular flexibility index (Phi) is 67.4. The van der Waals surface area contributed by atoms with Gasteiger partial charge in [0.15, 0.2) is 0 Å². The van der Waals surface area contributed by atoms with Crippen molar-refractivity contribution in [3.05, 3.63) is 24.3 Å². The van der Waals surface area contributed by atoms with Crippen molar-refractivity contribution in [1.29, 1.82) is 0 Å². The first-order valence-corrected chi connectivity index (χ1v) is 36.1. The molecule has 0 aromatic carbocycles. The number of rotatable bonds is 68. The largest absolute Gasteiger partial charge is 0.466 e. The van der Waals surface area contributed by atoms with Gasteiger partial charge in [-0.3, -0.25) is 9.59 Å². The summed E-state index contributed by atoms with van der Waals surface area (Å²) in [6, 6.07) is -0.627. The maximum atomic E-state index is 12.5. The molecule has 3 N–H and O–H groups in total. The van der Waals surface area contributed by atoms with Gasteiger partial charge in [0.05, 0.1) is 25.4 Å². The number of amides is 1. The highest BCUT2D eigenvalue weighted by molar-refractivity contribution is 5.76. The van der Waals surface area contributed by atoms with E-state index < -0.39 is 12.1 Å². The van der Waals surface area contributed by atoms with Crippen LogP contribution in [0.15, 0.2) is 24.3 Å². The second-order valence-electron chi connectivity index (χ2n) is 24.9. The predicted octanol–water partition coefficient (Wildman–Crippen LogP) is 23.3. The third-order valence-corrected chi connectivity index (χ3v) is 17.0. The molecule has 0 radical (unpaired) electrons. The molecule has 0 aliphatic carbocycles. The smallest absolute Gasteiger partial charge is 0.305 e. The van der Waals surface area contributed by atoms with E-state index in [1.54, 1.807) is 6.08 Å². The minimum Gasteiger partial charge on any atom is -0.466 e. The average Bonchev–Trinajstić information content (AvgIpc) is 3.45.